The van der Waals surface area contributed by atoms with E-state index in [4.69, 9.17) is 9.47 Å². The fourth-order valence-electron chi connectivity index (χ4n) is 2.66. The van der Waals surface area contributed by atoms with Gasteiger partial charge in [0.2, 0.25) is 12.0 Å². The van der Waals surface area contributed by atoms with Crippen molar-refractivity contribution in [1.82, 2.24) is 10.2 Å². The zero-order chi connectivity index (χ0) is 17.3. The minimum absolute atomic E-state index is 0.127. The van der Waals surface area contributed by atoms with Crippen LogP contribution < -0.4 is 14.8 Å². The maximum Gasteiger partial charge on any atom is 0.268 e. The number of ether oxygens (including phenoxy) is 2. The molecule has 2 aliphatic rings. The van der Waals surface area contributed by atoms with Crippen LogP contribution in [-0.4, -0.2) is 52.6 Å². The summed E-state index contributed by atoms with van der Waals surface area (Å²) in [5.41, 5.74) is -0.331. The van der Waals surface area contributed by atoms with Crippen molar-refractivity contribution in [3.05, 3.63) is 24.3 Å². The lowest BCUT2D eigenvalue weighted by atomic mass is 10.1. The van der Waals surface area contributed by atoms with Crippen LogP contribution in [0.3, 0.4) is 0 Å². The number of amides is 2. The third kappa shape index (κ3) is 3.61. The van der Waals surface area contributed by atoms with E-state index in [0.29, 0.717) is 23.1 Å². The maximum absolute atomic E-state index is 12.8. The van der Waals surface area contributed by atoms with E-state index in [1.807, 2.05) is 32.9 Å². The van der Waals surface area contributed by atoms with Crippen molar-refractivity contribution in [2.45, 2.75) is 38.5 Å². The Balaban J connectivity index is 1.69. The molecule has 1 N–H and O–H groups in total. The molecule has 0 radical (unpaired) electrons. The number of nitrogens with zero attached hydrogens (tertiary/aromatic N) is 1. The normalized spacial score (nSPS) is 23.0. The summed E-state index contributed by atoms with van der Waals surface area (Å²) in [6.07, 6.45) is -0.719. The molecule has 1 fully saturated rings. The van der Waals surface area contributed by atoms with Crippen LogP contribution in [0.2, 0.25) is 0 Å². The second-order valence-corrected chi connectivity index (χ2v) is 7.93. The Morgan fingerprint density at radius 1 is 1.25 bits per heavy atom. The molecule has 2 atom stereocenters. The van der Waals surface area contributed by atoms with E-state index < -0.39 is 12.1 Å². The van der Waals surface area contributed by atoms with E-state index in [0.717, 1.165) is 0 Å². The minimum atomic E-state index is -0.719. The molecular weight excluding hydrogens is 328 g/mol. The molecule has 2 heterocycles. The first-order valence-electron chi connectivity index (χ1n) is 7.94. The molecule has 0 aromatic heterocycles. The number of para-hydroxylation sites is 2. The van der Waals surface area contributed by atoms with Crippen LogP contribution in [0.5, 0.6) is 11.5 Å². The number of thioether (sulfide) groups is 1. The highest BCUT2D eigenvalue weighted by Gasteiger charge is 2.40. The van der Waals surface area contributed by atoms with E-state index in [-0.39, 0.29) is 24.0 Å². The largest absolute Gasteiger partial charge is 0.485 e. The summed E-state index contributed by atoms with van der Waals surface area (Å²) in [6.45, 7) is 5.93. The molecule has 7 heteroatoms. The topological polar surface area (TPSA) is 67.9 Å². The highest BCUT2D eigenvalue weighted by Crippen LogP contribution is 2.32. The van der Waals surface area contributed by atoms with Crippen LogP contribution in [0.4, 0.5) is 0 Å². The zero-order valence-corrected chi connectivity index (χ0v) is 14.9. The second kappa shape index (κ2) is 6.55. The fraction of sp³-hybridized carbons (Fsp3) is 0.529. The van der Waals surface area contributed by atoms with Crippen molar-refractivity contribution < 1.29 is 19.1 Å². The molecule has 2 aliphatic heterocycles. The monoisotopic (exact) mass is 350 g/mol. The van der Waals surface area contributed by atoms with Gasteiger partial charge in [-0.3, -0.25) is 9.59 Å². The van der Waals surface area contributed by atoms with Crippen molar-refractivity contribution >= 4 is 23.6 Å². The molecule has 3 rings (SSSR count). The van der Waals surface area contributed by atoms with Gasteiger partial charge in [0.15, 0.2) is 11.5 Å². The Hall–Kier alpha value is -1.89. The van der Waals surface area contributed by atoms with Gasteiger partial charge in [-0.1, -0.05) is 12.1 Å². The first-order valence-corrected chi connectivity index (χ1v) is 9.09. The predicted molar refractivity (Wildman–Crippen MR) is 92.2 cm³/mol. The van der Waals surface area contributed by atoms with Gasteiger partial charge in [-0.25, -0.2) is 0 Å². The van der Waals surface area contributed by atoms with Crippen molar-refractivity contribution in [2.24, 2.45) is 0 Å². The molecule has 2 unspecified atom stereocenters. The van der Waals surface area contributed by atoms with Crippen LogP contribution in [0.1, 0.15) is 20.8 Å². The Morgan fingerprint density at radius 2 is 1.96 bits per heavy atom. The third-order valence-corrected chi connectivity index (χ3v) is 4.76. The van der Waals surface area contributed by atoms with E-state index in [9.17, 15) is 9.59 Å². The Labute approximate surface area is 145 Å². The quantitative estimate of drug-likeness (QED) is 0.878. The van der Waals surface area contributed by atoms with Crippen molar-refractivity contribution in [2.75, 3.05) is 18.2 Å². The lowest BCUT2D eigenvalue weighted by Crippen LogP contribution is -2.55. The van der Waals surface area contributed by atoms with Gasteiger partial charge in [-0.2, -0.15) is 0 Å². The Morgan fingerprint density at radius 3 is 2.67 bits per heavy atom. The molecule has 1 saturated heterocycles. The van der Waals surface area contributed by atoms with Crippen LogP contribution in [0.25, 0.3) is 0 Å². The first-order chi connectivity index (χ1) is 11.3. The van der Waals surface area contributed by atoms with Gasteiger partial charge in [0.05, 0.1) is 5.88 Å². The van der Waals surface area contributed by atoms with Crippen molar-refractivity contribution in [3.8, 4) is 11.5 Å². The lowest BCUT2D eigenvalue weighted by Gasteiger charge is -2.32. The number of fused-ring (bicyclic) bond motifs is 1. The molecule has 0 aliphatic carbocycles. The van der Waals surface area contributed by atoms with Gasteiger partial charge in [-0.15, -0.1) is 11.8 Å². The minimum Gasteiger partial charge on any atom is -0.485 e. The number of carbonyl (C=O) groups excluding carboxylic acids is 2. The Bertz CT molecular complexity index is 644. The van der Waals surface area contributed by atoms with E-state index in [1.165, 1.54) is 0 Å². The first kappa shape index (κ1) is 17.0. The average Bonchev–Trinajstić information content (AvgIpc) is 3.02. The number of nitrogens with one attached hydrogen (secondary N) is 1. The molecule has 0 saturated carbocycles. The van der Waals surface area contributed by atoms with Gasteiger partial charge >= 0.3 is 0 Å². The van der Waals surface area contributed by atoms with Crippen LogP contribution >= 0.6 is 11.8 Å². The molecular formula is C17H22N2O4S. The van der Waals surface area contributed by atoms with Gasteiger partial charge in [0, 0.05) is 11.3 Å². The second-order valence-electron chi connectivity index (χ2n) is 6.93. The van der Waals surface area contributed by atoms with E-state index in [2.05, 4.69) is 5.32 Å². The van der Waals surface area contributed by atoms with Gasteiger partial charge in [-0.05, 0) is 32.9 Å². The number of hydrogen-bond donors (Lipinski definition) is 1. The van der Waals surface area contributed by atoms with Gasteiger partial charge < -0.3 is 19.7 Å². The molecule has 0 bridgehead atoms. The highest BCUT2D eigenvalue weighted by atomic mass is 32.2. The number of rotatable bonds is 2. The zero-order valence-electron chi connectivity index (χ0n) is 14.1. The van der Waals surface area contributed by atoms with Crippen molar-refractivity contribution in [1.29, 1.82) is 0 Å². The maximum atomic E-state index is 12.8. The van der Waals surface area contributed by atoms with E-state index in [1.54, 1.807) is 28.8 Å². The van der Waals surface area contributed by atoms with E-state index >= 15 is 0 Å². The molecule has 1 aromatic carbocycles. The smallest absolute Gasteiger partial charge is 0.268 e. The highest BCUT2D eigenvalue weighted by molar-refractivity contribution is 7.99. The number of benzene rings is 1. The average molecular weight is 350 g/mol. The molecule has 0 spiro atoms. The standard InChI is InChI=1S/C17H22N2O4S/c1-17(2,3)18-15(20)11-9-24-10-19(11)16(21)14-8-22-12-6-4-5-7-13(12)23-14/h4-7,11,14H,8-10H2,1-3H3,(H,18,20). The summed E-state index contributed by atoms with van der Waals surface area (Å²) in [6, 6.07) is 6.80. The lowest BCUT2D eigenvalue weighted by molar-refractivity contribution is -0.146. The molecule has 1 aromatic rings. The predicted octanol–water partition coefficient (Wildman–Crippen LogP) is 1.64. The van der Waals surface area contributed by atoms with Gasteiger partial charge in [0.25, 0.3) is 5.91 Å². The summed E-state index contributed by atoms with van der Waals surface area (Å²) in [7, 11) is 0. The van der Waals surface area contributed by atoms with Crippen LogP contribution in [0, 0.1) is 0 Å². The summed E-state index contributed by atoms with van der Waals surface area (Å²) in [5.74, 6) is 1.95. The summed E-state index contributed by atoms with van der Waals surface area (Å²) in [4.78, 5) is 26.9. The molecule has 6 nitrogen and oxygen atoms in total. The summed E-state index contributed by atoms with van der Waals surface area (Å²) < 4.78 is 11.4. The fourth-order valence-corrected chi connectivity index (χ4v) is 3.82. The Kier molecular flexibility index (Phi) is 4.62. The molecule has 130 valence electrons. The molecule has 2 amide bonds. The third-order valence-electron chi connectivity index (χ3n) is 3.75. The van der Waals surface area contributed by atoms with Crippen LogP contribution in [0.15, 0.2) is 24.3 Å². The molecule has 24 heavy (non-hydrogen) atoms. The summed E-state index contributed by atoms with van der Waals surface area (Å²) >= 11 is 1.57. The number of carbonyl (C=O) groups is 2. The number of hydrogen-bond acceptors (Lipinski definition) is 5. The SMILES string of the molecule is CC(C)(C)NC(=O)C1CSCN1C(=O)C1COc2ccccc2O1. The van der Waals surface area contributed by atoms with Crippen molar-refractivity contribution in [3.63, 3.8) is 0 Å². The van der Waals surface area contributed by atoms with Crippen LogP contribution in [-0.2, 0) is 9.59 Å². The summed E-state index contributed by atoms with van der Waals surface area (Å²) in [5, 5.41) is 2.95. The van der Waals surface area contributed by atoms with Gasteiger partial charge in [0.1, 0.15) is 12.6 Å².